The van der Waals surface area contributed by atoms with Crippen LogP contribution in [0.2, 0.25) is 0 Å². The summed E-state index contributed by atoms with van der Waals surface area (Å²) in [6, 6.07) is -0.0484. The molecule has 1 aliphatic rings. The number of ether oxygens (including phenoxy) is 2. The lowest BCUT2D eigenvalue weighted by atomic mass is 10.1. The lowest BCUT2D eigenvalue weighted by Gasteiger charge is -2.35. The minimum atomic E-state index is -0.0484. The summed E-state index contributed by atoms with van der Waals surface area (Å²) in [5.41, 5.74) is 0. The van der Waals surface area contributed by atoms with Crippen molar-refractivity contribution in [3.63, 3.8) is 0 Å². The minimum Gasteiger partial charge on any atom is -0.382 e. The van der Waals surface area contributed by atoms with Gasteiger partial charge in [-0.15, -0.1) is 0 Å². The number of carbonyl (C=O) groups excluding carboxylic acids is 1. The molecule has 1 aliphatic heterocycles. The second kappa shape index (κ2) is 10.1. The van der Waals surface area contributed by atoms with Crippen LogP contribution in [0.15, 0.2) is 0 Å². The van der Waals surface area contributed by atoms with Gasteiger partial charge < -0.3 is 20.1 Å². The van der Waals surface area contributed by atoms with E-state index >= 15 is 0 Å². The Kier molecular flexibility index (Phi) is 8.73. The molecule has 6 nitrogen and oxygen atoms in total. The molecule has 0 aromatic carbocycles. The summed E-state index contributed by atoms with van der Waals surface area (Å²) in [7, 11) is 1.67. The molecule has 0 saturated carbocycles. The number of carbonyl (C=O) groups is 1. The first kappa shape index (κ1) is 16.4. The van der Waals surface area contributed by atoms with Crippen molar-refractivity contribution in [2.24, 2.45) is 0 Å². The minimum absolute atomic E-state index is 0.0484. The Bertz CT molecular complexity index is 251. The predicted octanol–water partition coefficient (Wildman–Crippen LogP) is -0.551. The van der Waals surface area contributed by atoms with Gasteiger partial charge in [-0.2, -0.15) is 0 Å². The van der Waals surface area contributed by atoms with Gasteiger partial charge in [-0.05, 0) is 13.3 Å². The molecule has 1 unspecified atom stereocenters. The zero-order valence-electron chi connectivity index (χ0n) is 12.1. The van der Waals surface area contributed by atoms with E-state index in [0.29, 0.717) is 19.8 Å². The highest BCUT2D eigenvalue weighted by atomic mass is 16.5. The van der Waals surface area contributed by atoms with Crippen molar-refractivity contribution in [3.8, 4) is 0 Å². The van der Waals surface area contributed by atoms with E-state index in [1.165, 1.54) is 0 Å². The standard InChI is InChI=1S/C13H27N3O3/c1-3-15-13(17)12-11-14-5-7-16(12)6-4-8-19-10-9-18-2/h12,14H,3-11H2,1-2H3,(H,15,17). The lowest BCUT2D eigenvalue weighted by Crippen LogP contribution is -2.58. The number of piperazine rings is 1. The fraction of sp³-hybridized carbons (Fsp3) is 0.923. The van der Waals surface area contributed by atoms with Crippen molar-refractivity contribution >= 4 is 5.91 Å². The van der Waals surface area contributed by atoms with E-state index in [1.54, 1.807) is 7.11 Å². The zero-order valence-corrected chi connectivity index (χ0v) is 12.1. The van der Waals surface area contributed by atoms with Crippen molar-refractivity contribution in [1.29, 1.82) is 0 Å². The van der Waals surface area contributed by atoms with Crippen LogP contribution in [0.3, 0.4) is 0 Å². The maximum absolute atomic E-state index is 11.9. The molecule has 1 atom stereocenters. The van der Waals surface area contributed by atoms with Crippen LogP contribution in [0.5, 0.6) is 0 Å². The largest absolute Gasteiger partial charge is 0.382 e. The molecule has 1 fully saturated rings. The van der Waals surface area contributed by atoms with E-state index in [-0.39, 0.29) is 11.9 Å². The Balaban J connectivity index is 2.22. The van der Waals surface area contributed by atoms with Crippen LogP contribution in [0, 0.1) is 0 Å². The Morgan fingerprint density at radius 3 is 3.00 bits per heavy atom. The third kappa shape index (κ3) is 6.33. The van der Waals surface area contributed by atoms with E-state index in [0.717, 1.165) is 39.2 Å². The third-order valence-electron chi connectivity index (χ3n) is 3.17. The van der Waals surface area contributed by atoms with E-state index in [2.05, 4.69) is 15.5 Å². The molecule has 19 heavy (non-hydrogen) atoms. The monoisotopic (exact) mass is 273 g/mol. The highest BCUT2D eigenvalue weighted by molar-refractivity contribution is 5.82. The second-order valence-electron chi connectivity index (χ2n) is 4.61. The number of likely N-dealkylation sites (N-methyl/N-ethyl adjacent to an activating group) is 1. The molecule has 1 heterocycles. The van der Waals surface area contributed by atoms with Gasteiger partial charge in [-0.1, -0.05) is 0 Å². The van der Waals surface area contributed by atoms with Gasteiger partial charge in [0.1, 0.15) is 6.04 Å². The van der Waals surface area contributed by atoms with Gasteiger partial charge in [-0.25, -0.2) is 0 Å². The molecule has 0 aliphatic carbocycles. The maximum atomic E-state index is 11.9. The number of nitrogens with one attached hydrogen (secondary N) is 2. The van der Waals surface area contributed by atoms with Crippen molar-refractivity contribution in [2.75, 3.05) is 59.7 Å². The fourth-order valence-electron chi connectivity index (χ4n) is 2.18. The maximum Gasteiger partial charge on any atom is 0.238 e. The van der Waals surface area contributed by atoms with Crippen molar-refractivity contribution in [2.45, 2.75) is 19.4 Å². The summed E-state index contributed by atoms with van der Waals surface area (Å²) in [5.74, 6) is 0.120. The van der Waals surface area contributed by atoms with E-state index in [9.17, 15) is 4.79 Å². The number of hydrogen-bond acceptors (Lipinski definition) is 5. The Morgan fingerprint density at radius 1 is 1.42 bits per heavy atom. The van der Waals surface area contributed by atoms with E-state index < -0.39 is 0 Å². The first-order valence-corrected chi connectivity index (χ1v) is 7.08. The van der Waals surface area contributed by atoms with Crippen molar-refractivity contribution in [3.05, 3.63) is 0 Å². The number of nitrogens with zero attached hydrogens (tertiary/aromatic N) is 1. The predicted molar refractivity (Wildman–Crippen MR) is 74.2 cm³/mol. The zero-order chi connectivity index (χ0) is 13.9. The van der Waals surface area contributed by atoms with Gasteiger partial charge in [0.2, 0.25) is 5.91 Å². The number of methoxy groups -OCH3 is 1. The molecule has 2 N–H and O–H groups in total. The molecule has 0 bridgehead atoms. The summed E-state index contributed by atoms with van der Waals surface area (Å²) < 4.78 is 10.4. The van der Waals surface area contributed by atoms with Gasteiger partial charge in [0, 0.05) is 46.4 Å². The van der Waals surface area contributed by atoms with Crippen LogP contribution >= 0.6 is 0 Å². The topological polar surface area (TPSA) is 62.8 Å². The van der Waals surface area contributed by atoms with Crippen molar-refractivity contribution in [1.82, 2.24) is 15.5 Å². The second-order valence-corrected chi connectivity index (χ2v) is 4.61. The average Bonchev–Trinajstić information content (AvgIpc) is 2.43. The van der Waals surface area contributed by atoms with Gasteiger partial charge in [-0.3, -0.25) is 9.69 Å². The molecule has 0 radical (unpaired) electrons. The molecule has 1 saturated heterocycles. The Morgan fingerprint density at radius 2 is 2.26 bits per heavy atom. The molecule has 0 aromatic rings. The number of rotatable bonds is 9. The molecule has 0 spiro atoms. The first-order valence-electron chi connectivity index (χ1n) is 7.08. The highest BCUT2D eigenvalue weighted by Crippen LogP contribution is 2.04. The highest BCUT2D eigenvalue weighted by Gasteiger charge is 2.27. The lowest BCUT2D eigenvalue weighted by molar-refractivity contribution is -0.127. The van der Waals surface area contributed by atoms with Gasteiger partial charge in [0.15, 0.2) is 0 Å². The first-order chi connectivity index (χ1) is 9.29. The number of hydrogen-bond donors (Lipinski definition) is 2. The normalized spacial score (nSPS) is 20.4. The number of amides is 1. The summed E-state index contributed by atoms with van der Waals surface area (Å²) in [6.45, 7) is 8.11. The molecule has 1 rings (SSSR count). The molecule has 1 amide bonds. The van der Waals surface area contributed by atoms with Gasteiger partial charge in [0.25, 0.3) is 0 Å². The van der Waals surface area contributed by atoms with Gasteiger partial charge in [0.05, 0.1) is 13.2 Å². The third-order valence-corrected chi connectivity index (χ3v) is 3.17. The average molecular weight is 273 g/mol. The van der Waals surface area contributed by atoms with Crippen LogP contribution in [-0.4, -0.2) is 76.5 Å². The van der Waals surface area contributed by atoms with Crippen molar-refractivity contribution < 1.29 is 14.3 Å². The fourth-order valence-corrected chi connectivity index (χ4v) is 2.18. The molecule has 6 heteroatoms. The smallest absolute Gasteiger partial charge is 0.238 e. The summed E-state index contributed by atoms with van der Waals surface area (Å²) in [5, 5.41) is 6.17. The van der Waals surface area contributed by atoms with Crippen LogP contribution in [0.4, 0.5) is 0 Å². The van der Waals surface area contributed by atoms with E-state index in [1.807, 2.05) is 6.92 Å². The SMILES string of the molecule is CCNC(=O)C1CNCCN1CCCOCCOC. The summed E-state index contributed by atoms with van der Waals surface area (Å²) in [4.78, 5) is 14.2. The molecule has 112 valence electrons. The van der Waals surface area contributed by atoms with Crippen LogP contribution in [-0.2, 0) is 14.3 Å². The summed E-state index contributed by atoms with van der Waals surface area (Å²) >= 11 is 0. The van der Waals surface area contributed by atoms with Crippen LogP contribution < -0.4 is 10.6 Å². The molecular weight excluding hydrogens is 246 g/mol. The van der Waals surface area contributed by atoms with E-state index in [4.69, 9.17) is 9.47 Å². The Hall–Kier alpha value is -0.690. The quantitative estimate of drug-likeness (QED) is 0.552. The van der Waals surface area contributed by atoms with Crippen LogP contribution in [0.1, 0.15) is 13.3 Å². The van der Waals surface area contributed by atoms with Gasteiger partial charge >= 0.3 is 0 Å². The Labute approximate surface area is 115 Å². The molecule has 0 aromatic heterocycles. The van der Waals surface area contributed by atoms with Crippen LogP contribution in [0.25, 0.3) is 0 Å². The molecular formula is C13H27N3O3. The summed E-state index contributed by atoms with van der Waals surface area (Å²) in [6.07, 6.45) is 0.944.